The fraction of sp³-hybridized carbons (Fsp3) is 0.0588. The van der Waals surface area contributed by atoms with Crippen molar-refractivity contribution in [3.05, 3.63) is 65.2 Å². The first kappa shape index (κ1) is 14.4. The molecule has 0 bridgehead atoms. The normalized spacial score (nSPS) is 9.52. The van der Waals surface area contributed by atoms with Gasteiger partial charge >= 0.3 is 5.97 Å². The van der Waals surface area contributed by atoms with Crippen molar-refractivity contribution in [1.29, 1.82) is 0 Å². The van der Waals surface area contributed by atoms with Crippen molar-refractivity contribution in [3.8, 4) is 12.3 Å². The van der Waals surface area contributed by atoms with Crippen molar-refractivity contribution in [2.24, 2.45) is 0 Å². The fourth-order valence-corrected chi connectivity index (χ4v) is 1.77. The maximum absolute atomic E-state index is 12.1. The van der Waals surface area contributed by atoms with Crippen LogP contribution in [0.2, 0.25) is 0 Å². The van der Waals surface area contributed by atoms with E-state index < -0.39 is 5.97 Å². The molecule has 0 saturated carbocycles. The van der Waals surface area contributed by atoms with Gasteiger partial charge in [-0.25, -0.2) is 4.79 Å². The Hall–Kier alpha value is -3.06. The lowest BCUT2D eigenvalue weighted by molar-refractivity contribution is 0.0600. The van der Waals surface area contributed by atoms with E-state index in [0.29, 0.717) is 22.4 Å². The molecule has 1 N–H and O–H groups in total. The van der Waals surface area contributed by atoms with Gasteiger partial charge in [-0.15, -0.1) is 6.42 Å². The van der Waals surface area contributed by atoms with Crippen LogP contribution in [0, 0.1) is 12.3 Å². The van der Waals surface area contributed by atoms with E-state index in [1.807, 2.05) is 0 Å². The Balaban J connectivity index is 2.13. The van der Waals surface area contributed by atoms with Crippen LogP contribution in [0.15, 0.2) is 48.5 Å². The molecular formula is C17H13NO3. The Kier molecular flexibility index (Phi) is 4.37. The average Bonchev–Trinajstić information content (AvgIpc) is 2.54. The molecule has 0 unspecified atom stereocenters. The first-order chi connectivity index (χ1) is 10.1. The van der Waals surface area contributed by atoms with Crippen molar-refractivity contribution in [2.45, 2.75) is 0 Å². The van der Waals surface area contributed by atoms with Crippen LogP contribution in [-0.4, -0.2) is 19.0 Å². The molecule has 2 aromatic carbocycles. The van der Waals surface area contributed by atoms with E-state index in [0.717, 1.165) is 0 Å². The summed E-state index contributed by atoms with van der Waals surface area (Å²) in [7, 11) is 1.31. The van der Waals surface area contributed by atoms with Gasteiger partial charge in [-0.05, 0) is 42.5 Å². The highest BCUT2D eigenvalue weighted by molar-refractivity contribution is 6.04. The first-order valence-corrected chi connectivity index (χ1v) is 6.20. The Morgan fingerprint density at radius 1 is 1.10 bits per heavy atom. The van der Waals surface area contributed by atoms with E-state index in [1.165, 1.54) is 7.11 Å². The molecular weight excluding hydrogens is 266 g/mol. The van der Waals surface area contributed by atoms with Gasteiger partial charge in [0, 0.05) is 16.8 Å². The summed E-state index contributed by atoms with van der Waals surface area (Å²) in [5.41, 5.74) is 2.14. The molecule has 4 nitrogen and oxygen atoms in total. The van der Waals surface area contributed by atoms with Crippen molar-refractivity contribution in [1.82, 2.24) is 0 Å². The number of nitrogens with one attached hydrogen (secondary N) is 1. The molecule has 0 heterocycles. The SMILES string of the molecule is C#Cc1cccc(NC(=O)c2ccc(C(=O)OC)cc2)c1. The van der Waals surface area contributed by atoms with Gasteiger partial charge in [0.1, 0.15) is 0 Å². The number of rotatable bonds is 3. The summed E-state index contributed by atoms with van der Waals surface area (Å²) < 4.78 is 4.60. The van der Waals surface area contributed by atoms with Crippen LogP contribution in [0.25, 0.3) is 0 Å². The molecule has 0 aromatic heterocycles. The number of benzene rings is 2. The maximum atomic E-state index is 12.1. The summed E-state index contributed by atoms with van der Waals surface area (Å²) in [6, 6.07) is 13.2. The van der Waals surface area contributed by atoms with Crippen LogP contribution < -0.4 is 5.32 Å². The van der Waals surface area contributed by atoms with Gasteiger partial charge in [0.2, 0.25) is 0 Å². The lowest BCUT2D eigenvalue weighted by Crippen LogP contribution is -2.12. The Bertz CT molecular complexity index is 712. The van der Waals surface area contributed by atoms with Gasteiger partial charge in [0.05, 0.1) is 12.7 Å². The Morgan fingerprint density at radius 2 is 1.76 bits per heavy atom. The highest BCUT2D eigenvalue weighted by Gasteiger charge is 2.09. The van der Waals surface area contributed by atoms with E-state index in [2.05, 4.69) is 16.0 Å². The quantitative estimate of drug-likeness (QED) is 0.694. The van der Waals surface area contributed by atoms with Gasteiger partial charge in [0.25, 0.3) is 5.91 Å². The predicted molar refractivity (Wildman–Crippen MR) is 80.1 cm³/mol. The van der Waals surface area contributed by atoms with E-state index in [4.69, 9.17) is 6.42 Å². The Morgan fingerprint density at radius 3 is 2.38 bits per heavy atom. The summed E-state index contributed by atoms with van der Waals surface area (Å²) in [5, 5.41) is 2.74. The van der Waals surface area contributed by atoms with Gasteiger partial charge in [-0.1, -0.05) is 12.0 Å². The van der Waals surface area contributed by atoms with Crippen molar-refractivity contribution >= 4 is 17.6 Å². The number of hydrogen-bond acceptors (Lipinski definition) is 3. The number of hydrogen-bond donors (Lipinski definition) is 1. The monoisotopic (exact) mass is 279 g/mol. The van der Waals surface area contributed by atoms with Crippen molar-refractivity contribution < 1.29 is 14.3 Å². The number of esters is 1. The number of carbonyl (C=O) groups is 2. The summed E-state index contributed by atoms with van der Waals surface area (Å²) in [5.74, 6) is 1.79. The summed E-state index contributed by atoms with van der Waals surface area (Å²) in [6.07, 6.45) is 5.31. The minimum absolute atomic E-state index is 0.277. The van der Waals surface area contributed by atoms with Gasteiger partial charge in [0.15, 0.2) is 0 Å². The van der Waals surface area contributed by atoms with Crippen LogP contribution in [0.5, 0.6) is 0 Å². The summed E-state index contributed by atoms with van der Waals surface area (Å²) in [4.78, 5) is 23.4. The van der Waals surface area contributed by atoms with E-state index in [-0.39, 0.29) is 5.91 Å². The van der Waals surface area contributed by atoms with E-state index >= 15 is 0 Å². The summed E-state index contributed by atoms with van der Waals surface area (Å²) >= 11 is 0. The summed E-state index contributed by atoms with van der Waals surface area (Å²) in [6.45, 7) is 0. The molecule has 4 heteroatoms. The lowest BCUT2D eigenvalue weighted by atomic mass is 10.1. The molecule has 104 valence electrons. The van der Waals surface area contributed by atoms with Crippen molar-refractivity contribution in [3.63, 3.8) is 0 Å². The van der Waals surface area contributed by atoms with Gasteiger partial charge in [-0.2, -0.15) is 0 Å². The Labute approximate surface area is 122 Å². The number of terminal acetylenes is 1. The molecule has 0 aliphatic rings. The second kappa shape index (κ2) is 6.40. The molecule has 0 spiro atoms. The zero-order valence-electron chi connectivity index (χ0n) is 11.4. The minimum Gasteiger partial charge on any atom is -0.465 e. The van der Waals surface area contributed by atoms with E-state index in [1.54, 1.807) is 48.5 Å². The van der Waals surface area contributed by atoms with Gasteiger partial charge < -0.3 is 10.1 Å². The standard InChI is InChI=1S/C17H13NO3/c1-3-12-5-4-6-15(11-12)18-16(19)13-7-9-14(10-8-13)17(20)21-2/h1,4-11H,2H3,(H,18,19). The molecule has 2 aromatic rings. The molecule has 0 radical (unpaired) electrons. The van der Waals surface area contributed by atoms with Crippen LogP contribution in [-0.2, 0) is 4.74 Å². The molecule has 0 aliphatic heterocycles. The number of methoxy groups -OCH3 is 1. The van der Waals surface area contributed by atoms with Crippen LogP contribution in [0.4, 0.5) is 5.69 Å². The number of ether oxygens (including phenoxy) is 1. The van der Waals surface area contributed by atoms with E-state index in [9.17, 15) is 9.59 Å². The highest BCUT2D eigenvalue weighted by Crippen LogP contribution is 2.12. The molecule has 2 rings (SSSR count). The molecule has 0 aliphatic carbocycles. The number of amides is 1. The third-order valence-electron chi connectivity index (χ3n) is 2.86. The minimum atomic E-state index is -0.441. The fourth-order valence-electron chi connectivity index (χ4n) is 1.77. The molecule has 1 amide bonds. The number of carbonyl (C=O) groups excluding carboxylic acids is 2. The molecule has 0 fully saturated rings. The number of anilines is 1. The topological polar surface area (TPSA) is 55.4 Å². The smallest absolute Gasteiger partial charge is 0.337 e. The molecule has 0 saturated heterocycles. The first-order valence-electron chi connectivity index (χ1n) is 6.20. The average molecular weight is 279 g/mol. The predicted octanol–water partition coefficient (Wildman–Crippen LogP) is 2.71. The zero-order valence-corrected chi connectivity index (χ0v) is 11.4. The third kappa shape index (κ3) is 3.48. The second-order valence-electron chi connectivity index (χ2n) is 4.25. The maximum Gasteiger partial charge on any atom is 0.337 e. The van der Waals surface area contributed by atoms with Crippen LogP contribution in [0.3, 0.4) is 0 Å². The zero-order chi connectivity index (χ0) is 15.2. The largest absolute Gasteiger partial charge is 0.465 e. The molecule has 0 atom stereocenters. The highest BCUT2D eigenvalue weighted by atomic mass is 16.5. The molecule has 21 heavy (non-hydrogen) atoms. The van der Waals surface area contributed by atoms with Crippen LogP contribution >= 0.6 is 0 Å². The van der Waals surface area contributed by atoms with Crippen molar-refractivity contribution in [2.75, 3.05) is 12.4 Å². The van der Waals surface area contributed by atoms with Gasteiger partial charge in [-0.3, -0.25) is 4.79 Å². The third-order valence-corrected chi connectivity index (χ3v) is 2.86. The lowest BCUT2D eigenvalue weighted by Gasteiger charge is -2.06. The van der Waals surface area contributed by atoms with Crippen LogP contribution in [0.1, 0.15) is 26.3 Å². The second-order valence-corrected chi connectivity index (χ2v) is 4.25.